The highest BCUT2D eigenvalue weighted by Crippen LogP contribution is 2.16. The monoisotopic (exact) mass is 248 g/mol. The molecule has 0 amide bonds. The molecule has 0 saturated carbocycles. The molecule has 0 N–H and O–H groups in total. The lowest BCUT2D eigenvalue weighted by Crippen LogP contribution is -1.99. The second-order valence-corrected chi connectivity index (χ2v) is 5.31. The Hall–Kier alpha value is -0.740. The van der Waals surface area contributed by atoms with E-state index in [2.05, 4.69) is 11.1 Å². The number of hydrogen-bond donors (Lipinski definition) is 0. The summed E-state index contributed by atoms with van der Waals surface area (Å²) >= 11 is 0. The van der Waals surface area contributed by atoms with Gasteiger partial charge in [0.15, 0.2) is 0 Å². The molecule has 0 radical (unpaired) electrons. The average Bonchev–Trinajstić information content (AvgIpc) is 2.14. The van der Waals surface area contributed by atoms with Gasteiger partial charge in [0.05, 0.1) is 10.7 Å². The maximum Gasteiger partial charge on any atom is 0.401 e. The highest BCUT2D eigenvalue weighted by atomic mass is 35.7. The number of unbranched alkanes of at least 4 members (excludes halogenated alkanes) is 1. The van der Waals surface area contributed by atoms with Crippen molar-refractivity contribution in [2.24, 2.45) is 0 Å². The first-order valence-electron chi connectivity index (χ1n) is 4.74. The smallest absolute Gasteiger partial charge is 0.371 e. The minimum Gasteiger partial charge on any atom is -0.371 e. The van der Waals surface area contributed by atoms with Gasteiger partial charge in [-0.3, -0.25) is 0 Å². The van der Waals surface area contributed by atoms with Gasteiger partial charge in [0.1, 0.15) is 5.75 Å². The predicted molar refractivity (Wildman–Crippen MR) is 60.5 cm³/mol. The molecule has 0 aliphatic heterocycles. The van der Waals surface area contributed by atoms with Gasteiger partial charge in [0.2, 0.25) is 0 Å². The second-order valence-electron chi connectivity index (χ2n) is 3.22. The average molecular weight is 249 g/mol. The predicted octanol–water partition coefficient (Wildman–Crippen LogP) is 2.89. The van der Waals surface area contributed by atoms with Crippen LogP contribution in [0.2, 0.25) is 0 Å². The van der Waals surface area contributed by atoms with Crippen molar-refractivity contribution < 1.29 is 12.6 Å². The molecule has 5 heteroatoms. The Morgan fingerprint density at radius 2 is 1.87 bits per heavy atom. The third kappa shape index (κ3) is 5.04. The Bertz CT molecular complexity index is 397. The minimum atomic E-state index is -3.93. The summed E-state index contributed by atoms with van der Waals surface area (Å²) in [6, 6.07) is 6.88. The Morgan fingerprint density at radius 3 is 2.33 bits per heavy atom. The maximum absolute atomic E-state index is 10.6. The van der Waals surface area contributed by atoms with Crippen molar-refractivity contribution in [3.63, 3.8) is 0 Å². The molecule has 0 aromatic heterocycles. The molecule has 0 aliphatic carbocycles. The van der Waals surface area contributed by atoms with E-state index in [4.69, 9.17) is 10.7 Å². The molecule has 0 heterocycles. The van der Waals surface area contributed by atoms with Gasteiger partial charge in [0.25, 0.3) is 0 Å². The van der Waals surface area contributed by atoms with Crippen LogP contribution < -0.4 is 4.18 Å². The lowest BCUT2D eigenvalue weighted by molar-refractivity contribution is 0.503. The van der Waals surface area contributed by atoms with Crippen LogP contribution in [0.1, 0.15) is 25.3 Å². The van der Waals surface area contributed by atoms with Crippen LogP contribution in [0.4, 0.5) is 0 Å². The third-order valence-corrected chi connectivity index (χ3v) is 2.52. The van der Waals surface area contributed by atoms with Crippen molar-refractivity contribution in [2.45, 2.75) is 26.2 Å². The SMILES string of the molecule is CCCCc1ccc(OS(=O)(=O)Cl)cc1. The molecule has 15 heavy (non-hydrogen) atoms. The van der Waals surface area contributed by atoms with Crippen LogP contribution in [0.15, 0.2) is 24.3 Å². The molecule has 0 aliphatic rings. The van der Waals surface area contributed by atoms with Crippen LogP contribution in [-0.2, 0) is 15.8 Å². The topological polar surface area (TPSA) is 43.4 Å². The first-order chi connectivity index (χ1) is 7.01. The molecule has 0 saturated heterocycles. The molecule has 1 rings (SSSR count). The molecule has 0 spiro atoms. The molecule has 1 aromatic carbocycles. The molecule has 0 bridgehead atoms. The summed E-state index contributed by atoms with van der Waals surface area (Å²) in [7, 11) is 1.01. The standard InChI is InChI=1S/C10H13ClO3S/c1-2-3-4-9-5-7-10(8-6-9)14-15(11,12)13/h5-8H,2-4H2,1H3. The fourth-order valence-electron chi connectivity index (χ4n) is 1.21. The van der Waals surface area contributed by atoms with Crippen LogP contribution in [0.25, 0.3) is 0 Å². The number of halogens is 1. The highest BCUT2D eigenvalue weighted by molar-refractivity contribution is 8.10. The van der Waals surface area contributed by atoms with Gasteiger partial charge in [-0.1, -0.05) is 25.5 Å². The van der Waals surface area contributed by atoms with E-state index in [1.807, 2.05) is 12.1 Å². The van der Waals surface area contributed by atoms with E-state index in [0.717, 1.165) is 24.8 Å². The summed E-state index contributed by atoms with van der Waals surface area (Å²) in [5.74, 6) is 0.241. The van der Waals surface area contributed by atoms with Gasteiger partial charge < -0.3 is 4.18 Å². The Kier molecular flexibility index (Phi) is 4.42. The number of benzene rings is 1. The van der Waals surface area contributed by atoms with Crippen LogP contribution >= 0.6 is 10.7 Å². The third-order valence-electron chi connectivity index (χ3n) is 1.94. The van der Waals surface area contributed by atoms with E-state index in [9.17, 15) is 8.42 Å². The second kappa shape index (κ2) is 5.37. The molecule has 1 aromatic rings. The minimum absolute atomic E-state index is 0.241. The fourth-order valence-corrected chi connectivity index (χ4v) is 1.77. The van der Waals surface area contributed by atoms with E-state index >= 15 is 0 Å². The van der Waals surface area contributed by atoms with Crippen LogP contribution in [0, 0.1) is 0 Å². The van der Waals surface area contributed by atoms with Crippen molar-refractivity contribution in [2.75, 3.05) is 0 Å². The zero-order chi connectivity index (χ0) is 11.3. The van der Waals surface area contributed by atoms with E-state index in [-0.39, 0.29) is 5.75 Å². The first kappa shape index (κ1) is 12.3. The number of aryl methyl sites for hydroxylation is 1. The summed E-state index contributed by atoms with van der Waals surface area (Å²) in [5.41, 5.74) is 1.16. The highest BCUT2D eigenvalue weighted by Gasteiger charge is 2.06. The molecule has 0 fully saturated rings. The van der Waals surface area contributed by atoms with Gasteiger partial charge in [0, 0.05) is 0 Å². The van der Waals surface area contributed by atoms with E-state index in [1.165, 1.54) is 0 Å². The van der Waals surface area contributed by atoms with Gasteiger partial charge in [-0.05, 0) is 30.5 Å². The lowest BCUT2D eigenvalue weighted by atomic mass is 10.1. The van der Waals surface area contributed by atoms with Crippen molar-refractivity contribution in [1.82, 2.24) is 0 Å². The quantitative estimate of drug-likeness (QED) is 0.753. The molecular formula is C10H13ClO3S. The Morgan fingerprint density at radius 1 is 1.27 bits per heavy atom. The Balaban J connectivity index is 2.64. The van der Waals surface area contributed by atoms with Crippen molar-refractivity contribution >= 4 is 20.0 Å². The maximum atomic E-state index is 10.6. The van der Waals surface area contributed by atoms with Crippen LogP contribution in [-0.4, -0.2) is 8.42 Å². The van der Waals surface area contributed by atoms with E-state index < -0.39 is 9.33 Å². The summed E-state index contributed by atoms with van der Waals surface area (Å²) in [6.45, 7) is 2.12. The number of rotatable bonds is 5. The molecule has 84 valence electrons. The number of hydrogen-bond acceptors (Lipinski definition) is 3. The fraction of sp³-hybridized carbons (Fsp3) is 0.400. The molecule has 3 nitrogen and oxygen atoms in total. The van der Waals surface area contributed by atoms with E-state index in [0.29, 0.717) is 0 Å². The van der Waals surface area contributed by atoms with Crippen LogP contribution in [0.3, 0.4) is 0 Å². The summed E-state index contributed by atoms with van der Waals surface area (Å²) in [6.07, 6.45) is 3.24. The van der Waals surface area contributed by atoms with Gasteiger partial charge >= 0.3 is 9.33 Å². The largest absolute Gasteiger partial charge is 0.401 e. The van der Waals surface area contributed by atoms with Gasteiger partial charge in [-0.25, -0.2) is 0 Å². The van der Waals surface area contributed by atoms with Crippen molar-refractivity contribution in [3.05, 3.63) is 29.8 Å². The molecule has 0 atom stereocenters. The summed E-state index contributed by atoms with van der Waals surface area (Å²) in [5, 5.41) is 0. The molecular weight excluding hydrogens is 236 g/mol. The first-order valence-corrected chi connectivity index (χ1v) is 6.97. The van der Waals surface area contributed by atoms with Gasteiger partial charge in [-0.15, -0.1) is 0 Å². The zero-order valence-electron chi connectivity index (χ0n) is 8.44. The molecule has 0 unspecified atom stereocenters. The van der Waals surface area contributed by atoms with Gasteiger partial charge in [-0.2, -0.15) is 8.42 Å². The van der Waals surface area contributed by atoms with Crippen molar-refractivity contribution in [1.29, 1.82) is 0 Å². The van der Waals surface area contributed by atoms with Crippen LogP contribution in [0.5, 0.6) is 5.75 Å². The van der Waals surface area contributed by atoms with E-state index in [1.54, 1.807) is 12.1 Å². The zero-order valence-corrected chi connectivity index (χ0v) is 10.0. The van der Waals surface area contributed by atoms with Crippen molar-refractivity contribution in [3.8, 4) is 5.75 Å². The normalized spacial score (nSPS) is 11.3. The summed E-state index contributed by atoms with van der Waals surface area (Å²) in [4.78, 5) is 0. The Labute approximate surface area is 94.6 Å². The summed E-state index contributed by atoms with van der Waals surface area (Å²) < 4.78 is 25.7. The lowest BCUT2D eigenvalue weighted by Gasteiger charge is -2.02.